The summed E-state index contributed by atoms with van der Waals surface area (Å²) < 4.78 is 5.46. The summed E-state index contributed by atoms with van der Waals surface area (Å²) in [7, 11) is 0. The van der Waals surface area contributed by atoms with Crippen molar-refractivity contribution in [1.82, 2.24) is 4.90 Å². The van der Waals surface area contributed by atoms with Gasteiger partial charge in [-0.05, 0) is 30.5 Å². The predicted molar refractivity (Wildman–Crippen MR) is 122 cm³/mol. The van der Waals surface area contributed by atoms with Gasteiger partial charge in [0.05, 0.1) is 17.7 Å². The fourth-order valence-corrected chi connectivity index (χ4v) is 4.91. The van der Waals surface area contributed by atoms with E-state index in [1.807, 2.05) is 61.5 Å². The van der Waals surface area contributed by atoms with E-state index in [1.54, 1.807) is 6.92 Å². The smallest absolute Gasteiger partial charge is 0.323 e. The van der Waals surface area contributed by atoms with Gasteiger partial charge in [0.25, 0.3) is 0 Å². The van der Waals surface area contributed by atoms with E-state index in [1.165, 1.54) is 0 Å². The van der Waals surface area contributed by atoms with Crippen LogP contribution in [0.5, 0.6) is 0 Å². The molecule has 160 valence electrons. The van der Waals surface area contributed by atoms with E-state index < -0.39 is 17.2 Å². The number of ether oxygens (including phenoxy) is 1. The average Bonchev–Trinajstić information content (AvgIpc) is 3.12. The summed E-state index contributed by atoms with van der Waals surface area (Å²) in [5, 5.41) is 11.1. The lowest BCUT2D eigenvalue weighted by Crippen LogP contribution is -2.53. The summed E-state index contributed by atoms with van der Waals surface area (Å²) in [6, 6.07) is 30.1. The fourth-order valence-electron chi connectivity index (χ4n) is 4.91. The van der Waals surface area contributed by atoms with Crippen LogP contribution in [0.4, 0.5) is 0 Å². The highest BCUT2D eigenvalue weighted by Crippen LogP contribution is 2.47. The Morgan fingerprint density at radius 2 is 1.35 bits per heavy atom. The molecule has 0 saturated carbocycles. The molecule has 1 heterocycles. The molecule has 1 N–H and O–H groups in total. The number of esters is 1. The van der Waals surface area contributed by atoms with E-state index in [0.29, 0.717) is 19.6 Å². The number of hydrogen-bond donors (Lipinski definition) is 1. The van der Waals surface area contributed by atoms with Gasteiger partial charge < -0.3 is 9.84 Å². The van der Waals surface area contributed by atoms with E-state index in [0.717, 1.165) is 16.7 Å². The molecule has 31 heavy (non-hydrogen) atoms. The van der Waals surface area contributed by atoms with Gasteiger partial charge in [-0.3, -0.25) is 9.69 Å². The molecule has 0 aromatic heterocycles. The normalized spacial score (nSPS) is 21.7. The molecule has 1 saturated heterocycles. The van der Waals surface area contributed by atoms with Gasteiger partial charge in [-0.25, -0.2) is 0 Å². The minimum absolute atomic E-state index is 0.299. The van der Waals surface area contributed by atoms with Gasteiger partial charge in [-0.1, -0.05) is 91.0 Å². The van der Waals surface area contributed by atoms with Crippen LogP contribution in [-0.4, -0.2) is 40.8 Å². The maximum atomic E-state index is 13.1. The lowest BCUT2D eigenvalue weighted by atomic mass is 9.75. The average molecular weight is 416 g/mol. The van der Waals surface area contributed by atoms with Crippen molar-refractivity contribution in [3.63, 3.8) is 0 Å². The van der Waals surface area contributed by atoms with Gasteiger partial charge in [0.2, 0.25) is 0 Å². The summed E-state index contributed by atoms with van der Waals surface area (Å²) in [6.45, 7) is 4.26. The molecular weight excluding hydrogens is 386 g/mol. The second-order valence-corrected chi connectivity index (χ2v) is 8.41. The maximum Gasteiger partial charge on any atom is 0.323 e. The third kappa shape index (κ3) is 3.89. The second kappa shape index (κ2) is 8.66. The zero-order valence-electron chi connectivity index (χ0n) is 18.1. The Morgan fingerprint density at radius 1 is 0.935 bits per heavy atom. The lowest BCUT2D eigenvalue weighted by Gasteiger charge is -2.46. The van der Waals surface area contributed by atoms with Crippen molar-refractivity contribution in [2.45, 2.75) is 37.5 Å². The number of β-amino-alcohol motifs (C(OH)–C–C–N with tert-alkyl or cyclic N) is 1. The standard InChI is InChI=1S/C27H29NO3/c1-3-31-25(29)24-19-26(2,30)20-28(24)27(21-13-7-4-8-14-21,22-15-9-5-10-16-22)23-17-11-6-12-18-23/h4-18,24,30H,3,19-20H2,1-2H3/t24-,26-/m0/s1. The molecule has 1 aliphatic heterocycles. The van der Waals surface area contributed by atoms with Crippen molar-refractivity contribution in [3.8, 4) is 0 Å². The topological polar surface area (TPSA) is 49.8 Å². The SMILES string of the molecule is CCOC(=O)[C@@H]1C[C@](C)(O)CN1C(c1ccccc1)(c1ccccc1)c1ccccc1. The van der Waals surface area contributed by atoms with E-state index >= 15 is 0 Å². The van der Waals surface area contributed by atoms with Crippen LogP contribution >= 0.6 is 0 Å². The second-order valence-electron chi connectivity index (χ2n) is 8.41. The van der Waals surface area contributed by atoms with Gasteiger partial charge in [0, 0.05) is 13.0 Å². The Morgan fingerprint density at radius 3 is 1.74 bits per heavy atom. The van der Waals surface area contributed by atoms with Crippen molar-refractivity contribution >= 4 is 5.97 Å². The zero-order chi connectivity index (χ0) is 21.9. The van der Waals surface area contributed by atoms with Gasteiger partial charge in [0.15, 0.2) is 0 Å². The van der Waals surface area contributed by atoms with E-state index in [-0.39, 0.29) is 5.97 Å². The largest absolute Gasteiger partial charge is 0.465 e. The van der Waals surface area contributed by atoms with Crippen molar-refractivity contribution < 1.29 is 14.6 Å². The van der Waals surface area contributed by atoms with Crippen LogP contribution in [0.3, 0.4) is 0 Å². The number of rotatable bonds is 6. The summed E-state index contributed by atoms with van der Waals surface area (Å²) in [4.78, 5) is 15.2. The first-order valence-corrected chi connectivity index (χ1v) is 10.8. The van der Waals surface area contributed by atoms with Crippen LogP contribution in [0.1, 0.15) is 37.0 Å². The minimum atomic E-state index is -1.01. The fraction of sp³-hybridized carbons (Fsp3) is 0.296. The molecule has 0 spiro atoms. The van der Waals surface area contributed by atoms with Crippen molar-refractivity contribution in [2.75, 3.05) is 13.2 Å². The van der Waals surface area contributed by atoms with Crippen LogP contribution in [-0.2, 0) is 15.1 Å². The quantitative estimate of drug-likeness (QED) is 0.480. The van der Waals surface area contributed by atoms with E-state index in [4.69, 9.17) is 4.74 Å². The molecule has 3 aromatic carbocycles. The van der Waals surface area contributed by atoms with Crippen molar-refractivity contribution in [1.29, 1.82) is 0 Å². The molecule has 4 heteroatoms. The number of benzene rings is 3. The highest BCUT2D eigenvalue weighted by atomic mass is 16.5. The Kier molecular flexibility index (Phi) is 5.94. The minimum Gasteiger partial charge on any atom is -0.465 e. The molecule has 1 aliphatic rings. The van der Waals surface area contributed by atoms with Gasteiger partial charge in [0.1, 0.15) is 6.04 Å². The highest BCUT2D eigenvalue weighted by Gasteiger charge is 2.54. The molecule has 4 rings (SSSR count). The number of nitrogens with zero attached hydrogens (tertiary/aromatic N) is 1. The molecule has 3 aromatic rings. The van der Waals surface area contributed by atoms with E-state index in [2.05, 4.69) is 41.3 Å². The predicted octanol–water partition coefficient (Wildman–Crippen LogP) is 4.37. The van der Waals surface area contributed by atoms with Gasteiger partial charge >= 0.3 is 5.97 Å². The number of likely N-dealkylation sites (tertiary alicyclic amines) is 1. The third-order valence-corrected chi connectivity index (χ3v) is 6.08. The molecule has 0 unspecified atom stereocenters. The maximum absolute atomic E-state index is 13.1. The summed E-state index contributed by atoms with van der Waals surface area (Å²) in [5.41, 5.74) is 1.35. The zero-order valence-corrected chi connectivity index (χ0v) is 18.1. The summed E-state index contributed by atoms with van der Waals surface area (Å²) in [5.74, 6) is -0.299. The Hall–Kier alpha value is -2.95. The third-order valence-electron chi connectivity index (χ3n) is 6.08. The van der Waals surface area contributed by atoms with Gasteiger partial charge in [-0.2, -0.15) is 0 Å². The van der Waals surface area contributed by atoms with Crippen LogP contribution in [0.2, 0.25) is 0 Å². The number of hydrogen-bond acceptors (Lipinski definition) is 4. The Labute approximate surface area is 184 Å². The first-order chi connectivity index (χ1) is 15.0. The van der Waals surface area contributed by atoms with Crippen LogP contribution in [0.15, 0.2) is 91.0 Å². The number of carbonyl (C=O) groups is 1. The van der Waals surface area contributed by atoms with Crippen LogP contribution < -0.4 is 0 Å². The van der Waals surface area contributed by atoms with Crippen LogP contribution in [0, 0.1) is 0 Å². The molecule has 1 fully saturated rings. The molecule has 0 amide bonds. The van der Waals surface area contributed by atoms with E-state index in [9.17, 15) is 9.90 Å². The molecule has 0 aliphatic carbocycles. The highest BCUT2D eigenvalue weighted by molar-refractivity contribution is 5.77. The summed E-state index contributed by atoms with van der Waals surface area (Å²) >= 11 is 0. The number of aliphatic hydroxyl groups is 1. The summed E-state index contributed by atoms with van der Waals surface area (Å²) in [6.07, 6.45) is 0.320. The number of carbonyl (C=O) groups excluding carboxylic acids is 1. The molecule has 0 radical (unpaired) electrons. The first-order valence-electron chi connectivity index (χ1n) is 10.8. The van der Waals surface area contributed by atoms with Gasteiger partial charge in [-0.15, -0.1) is 0 Å². The molecule has 0 bridgehead atoms. The molecular formula is C27H29NO3. The van der Waals surface area contributed by atoms with Crippen LogP contribution in [0.25, 0.3) is 0 Å². The van der Waals surface area contributed by atoms with Crippen molar-refractivity contribution in [2.24, 2.45) is 0 Å². The van der Waals surface area contributed by atoms with Crippen molar-refractivity contribution in [3.05, 3.63) is 108 Å². The Bertz CT molecular complexity index is 906. The molecule has 4 nitrogen and oxygen atoms in total. The Balaban J connectivity index is 2.03. The first kappa shape index (κ1) is 21.3. The molecule has 2 atom stereocenters. The lowest BCUT2D eigenvalue weighted by molar-refractivity contribution is -0.150. The monoisotopic (exact) mass is 415 g/mol.